The molecule has 0 N–H and O–H groups in total. The van der Waals surface area contributed by atoms with Crippen LogP contribution in [0.3, 0.4) is 0 Å². The number of carbonyl (C=O) groups excluding carboxylic acids is 3. The standard InChI is InChI=1S/C23H17ClO7/c1-14-3-12-19(29-13-25)21(23(27)31-18-10-8-16(28-2)9-11-18)20(14)22(26)30-17-6-4-15(24)5-7-17/h3-13H,1-2H3. The van der Waals surface area contributed by atoms with Gasteiger partial charge in [0.15, 0.2) is 0 Å². The number of benzene rings is 3. The van der Waals surface area contributed by atoms with Gasteiger partial charge in [-0.1, -0.05) is 17.7 Å². The molecule has 3 aromatic carbocycles. The molecular formula is C23H17ClO7. The molecule has 0 heterocycles. The highest BCUT2D eigenvalue weighted by Gasteiger charge is 2.27. The lowest BCUT2D eigenvalue weighted by Crippen LogP contribution is -2.20. The van der Waals surface area contributed by atoms with E-state index in [1.807, 2.05) is 0 Å². The number of carbonyl (C=O) groups is 3. The second-order valence-corrected chi connectivity index (χ2v) is 6.69. The summed E-state index contributed by atoms with van der Waals surface area (Å²) in [7, 11) is 1.51. The van der Waals surface area contributed by atoms with Gasteiger partial charge in [-0.05, 0) is 67.1 Å². The van der Waals surface area contributed by atoms with Gasteiger partial charge in [-0.2, -0.15) is 0 Å². The van der Waals surface area contributed by atoms with Crippen molar-refractivity contribution in [2.45, 2.75) is 6.92 Å². The first-order valence-electron chi connectivity index (χ1n) is 9.01. The zero-order valence-corrected chi connectivity index (χ0v) is 17.3. The van der Waals surface area contributed by atoms with Crippen molar-refractivity contribution >= 4 is 30.0 Å². The van der Waals surface area contributed by atoms with E-state index >= 15 is 0 Å². The van der Waals surface area contributed by atoms with E-state index in [1.165, 1.54) is 43.5 Å². The van der Waals surface area contributed by atoms with E-state index in [0.717, 1.165) is 0 Å². The average Bonchev–Trinajstić information content (AvgIpc) is 2.76. The van der Waals surface area contributed by atoms with Crippen LogP contribution in [0.25, 0.3) is 0 Å². The highest BCUT2D eigenvalue weighted by Crippen LogP contribution is 2.29. The highest BCUT2D eigenvalue weighted by molar-refractivity contribution is 6.30. The molecule has 0 aliphatic heterocycles. The SMILES string of the molecule is COc1ccc(OC(=O)c2c(OC=O)ccc(C)c2C(=O)Oc2ccc(Cl)cc2)cc1. The number of hydrogen-bond acceptors (Lipinski definition) is 7. The zero-order valence-electron chi connectivity index (χ0n) is 16.6. The van der Waals surface area contributed by atoms with Crippen LogP contribution in [0.15, 0.2) is 60.7 Å². The van der Waals surface area contributed by atoms with Crippen LogP contribution in [0.1, 0.15) is 26.3 Å². The fraction of sp³-hybridized carbons (Fsp3) is 0.0870. The number of halogens is 1. The van der Waals surface area contributed by atoms with Crippen LogP contribution in [0.5, 0.6) is 23.0 Å². The Morgan fingerprint density at radius 2 is 1.29 bits per heavy atom. The van der Waals surface area contributed by atoms with E-state index in [-0.39, 0.29) is 34.8 Å². The number of ether oxygens (including phenoxy) is 4. The van der Waals surface area contributed by atoms with Crippen LogP contribution in [-0.2, 0) is 4.79 Å². The van der Waals surface area contributed by atoms with Crippen molar-refractivity contribution in [3.63, 3.8) is 0 Å². The van der Waals surface area contributed by atoms with Crippen molar-refractivity contribution < 1.29 is 33.3 Å². The van der Waals surface area contributed by atoms with E-state index in [4.69, 9.17) is 30.5 Å². The van der Waals surface area contributed by atoms with Crippen molar-refractivity contribution in [3.8, 4) is 23.0 Å². The van der Waals surface area contributed by atoms with Crippen LogP contribution >= 0.6 is 11.6 Å². The van der Waals surface area contributed by atoms with Gasteiger partial charge >= 0.3 is 11.9 Å². The monoisotopic (exact) mass is 440 g/mol. The molecule has 31 heavy (non-hydrogen) atoms. The summed E-state index contributed by atoms with van der Waals surface area (Å²) in [5.41, 5.74) is 0.105. The number of rotatable bonds is 7. The molecular weight excluding hydrogens is 424 g/mol. The first kappa shape index (κ1) is 21.9. The van der Waals surface area contributed by atoms with Crippen molar-refractivity contribution in [2.75, 3.05) is 7.11 Å². The molecule has 8 heteroatoms. The summed E-state index contributed by atoms with van der Waals surface area (Å²) in [5, 5.41) is 0.473. The van der Waals surface area contributed by atoms with Gasteiger partial charge in [-0.15, -0.1) is 0 Å². The third kappa shape index (κ3) is 5.21. The maximum atomic E-state index is 13.0. The number of aryl methyl sites for hydroxylation is 1. The number of esters is 2. The van der Waals surface area contributed by atoms with Gasteiger partial charge in [0.05, 0.1) is 12.7 Å². The minimum Gasteiger partial charge on any atom is -0.497 e. The molecule has 0 fully saturated rings. The summed E-state index contributed by atoms with van der Waals surface area (Å²) in [5.74, 6) is -0.840. The van der Waals surface area contributed by atoms with Crippen molar-refractivity contribution in [1.29, 1.82) is 0 Å². The van der Waals surface area contributed by atoms with Crippen LogP contribution in [-0.4, -0.2) is 25.5 Å². The van der Waals surface area contributed by atoms with Gasteiger partial charge in [0.25, 0.3) is 6.47 Å². The summed E-state index contributed by atoms with van der Waals surface area (Å²) < 4.78 is 20.7. The van der Waals surface area contributed by atoms with Crippen LogP contribution in [0, 0.1) is 6.92 Å². The maximum Gasteiger partial charge on any atom is 0.348 e. The minimum atomic E-state index is -0.895. The Bertz CT molecular complexity index is 1110. The van der Waals surface area contributed by atoms with E-state index in [1.54, 1.807) is 31.2 Å². The lowest BCUT2D eigenvalue weighted by molar-refractivity contribution is -0.120. The molecule has 0 unspecified atom stereocenters. The third-order valence-electron chi connectivity index (χ3n) is 4.25. The quantitative estimate of drug-likeness (QED) is 0.300. The summed E-state index contributed by atoms with van der Waals surface area (Å²) >= 11 is 5.85. The Morgan fingerprint density at radius 3 is 1.84 bits per heavy atom. The lowest BCUT2D eigenvalue weighted by atomic mass is 10.0. The van der Waals surface area contributed by atoms with E-state index in [0.29, 0.717) is 16.3 Å². The highest BCUT2D eigenvalue weighted by atomic mass is 35.5. The molecule has 0 radical (unpaired) electrons. The Balaban J connectivity index is 1.98. The Labute approximate surface area is 183 Å². The lowest BCUT2D eigenvalue weighted by Gasteiger charge is -2.15. The largest absolute Gasteiger partial charge is 0.497 e. The Kier molecular flexibility index (Phi) is 6.89. The fourth-order valence-electron chi connectivity index (χ4n) is 2.77. The topological polar surface area (TPSA) is 88.1 Å². The number of methoxy groups -OCH3 is 1. The summed E-state index contributed by atoms with van der Waals surface area (Å²) in [6, 6.07) is 15.3. The molecule has 158 valence electrons. The second-order valence-electron chi connectivity index (χ2n) is 6.25. The van der Waals surface area contributed by atoms with Gasteiger partial charge in [0.2, 0.25) is 0 Å². The van der Waals surface area contributed by atoms with Gasteiger partial charge in [0, 0.05) is 5.02 Å². The minimum absolute atomic E-state index is 0.0900. The van der Waals surface area contributed by atoms with Gasteiger partial charge in [-0.3, -0.25) is 4.79 Å². The molecule has 3 aromatic rings. The smallest absolute Gasteiger partial charge is 0.348 e. The summed E-state index contributed by atoms with van der Waals surface area (Å²) in [6.07, 6.45) is 0. The second kappa shape index (κ2) is 9.77. The molecule has 0 spiro atoms. The zero-order chi connectivity index (χ0) is 22.4. The average molecular weight is 441 g/mol. The first-order valence-corrected chi connectivity index (χ1v) is 9.38. The predicted octanol–water partition coefficient (Wildman–Crippen LogP) is 4.63. The van der Waals surface area contributed by atoms with Crippen LogP contribution in [0.2, 0.25) is 5.02 Å². The third-order valence-corrected chi connectivity index (χ3v) is 4.50. The van der Waals surface area contributed by atoms with E-state index in [9.17, 15) is 14.4 Å². The molecule has 0 amide bonds. The summed E-state index contributed by atoms with van der Waals surface area (Å²) in [6.45, 7) is 1.77. The van der Waals surface area contributed by atoms with E-state index in [2.05, 4.69) is 0 Å². The van der Waals surface area contributed by atoms with Crippen LogP contribution in [0.4, 0.5) is 0 Å². The summed E-state index contributed by atoms with van der Waals surface area (Å²) in [4.78, 5) is 36.8. The molecule has 3 rings (SSSR count). The van der Waals surface area contributed by atoms with E-state index < -0.39 is 11.9 Å². The van der Waals surface area contributed by atoms with Crippen LogP contribution < -0.4 is 18.9 Å². The molecule has 0 aliphatic carbocycles. The van der Waals surface area contributed by atoms with Gasteiger partial charge < -0.3 is 18.9 Å². The molecule has 0 bridgehead atoms. The number of hydrogen-bond donors (Lipinski definition) is 0. The normalized spacial score (nSPS) is 10.2. The molecule has 0 aromatic heterocycles. The Hall–Kier alpha value is -3.84. The molecule has 0 saturated carbocycles. The molecule has 0 saturated heterocycles. The Morgan fingerprint density at radius 1 is 0.774 bits per heavy atom. The molecule has 7 nitrogen and oxygen atoms in total. The first-order chi connectivity index (χ1) is 14.9. The van der Waals surface area contributed by atoms with Gasteiger partial charge in [0.1, 0.15) is 28.6 Å². The predicted molar refractivity (Wildman–Crippen MR) is 112 cm³/mol. The van der Waals surface area contributed by atoms with Crippen molar-refractivity contribution in [2.24, 2.45) is 0 Å². The molecule has 0 aliphatic rings. The van der Waals surface area contributed by atoms with Crippen molar-refractivity contribution in [1.82, 2.24) is 0 Å². The van der Waals surface area contributed by atoms with Crippen molar-refractivity contribution in [3.05, 3.63) is 82.4 Å². The van der Waals surface area contributed by atoms with Gasteiger partial charge in [-0.25, -0.2) is 9.59 Å². The maximum absolute atomic E-state index is 13.0. The fourth-order valence-corrected chi connectivity index (χ4v) is 2.89. The molecule has 0 atom stereocenters.